The number of aliphatic hydroxyl groups is 1. The summed E-state index contributed by atoms with van der Waals surface area (Å²) < 4.78 is 0. The first-order valence-electron chi connectivity index (χ1n) is 11.5. The molecule has 1 aliphatic carbocycles. The Bertz CT molecular complexity index is 1450. The van der Waals surface area contributed by atoms with Gasteiger partial charge in [-0.25, -0.2) is 9.97 Å². The second kappa shape index (κ2) is 9.59. The minimum atomic E-state index is -0.383. The molecule has 2 amide bonds. The Morgan fingerprint density at radius 2 is 1.94 bits per heavy atom. The van der Waals surface area contributed by atoms with E-state index >= 15 is 0 Å². The molecule has 1 unspecified atom stereocenters. The van der Waals surface area contributed by atoms with E-state index in [9.17, 15) is 14.7 Å². The molecule has 4 aromatic rings. The van der Waals surface area contributed by atoms with Gasteiger partial charge < -0.3 is 15.7 Å². The van der Waals surface area contributed by atoms with Crippen molar-refractivity contribution in [2.75, 3.05) is 18.5 Å². The average Bonchev–Trinajstić information content (AvgIpc) is 3.62. The van der Waals surface area contributed by atoms with Crippen LogP contribution >= 0.6 is 11.3 Å². The SMILES string of the molecule is Cn1ncc(-c2cccc(-c3csc(NC(=O)CNC(=O)c4ccc5c(c4)C(C)(CO)CC5)n3)n2)n1. The molecule has 3 N–H and O–H groups in total. The Morgan fingerprint density at radius 3 is 2.69 bits per heavy atom. The lowest BCUT2D eigenvalue weighted by Crippen LogP contribution is -2.33. The first-order chi connectivity index (χ1) is 17.3. The number of nitrogens with zero attached hydrogens (tertiary/aromatic N) is 5. The molecule has 0 saturated carbocycles. The van der Waals surface area contributed by atoms with Gasteiger partial charge in [-0.3, -0.25) is 9.59 Å². The molecule has 3 heterocycles. The van der Waals surface area contributed by atoms with Gasteiger partial charge in [0.2, 0.25) is 5.91 Å². The van der Waals surface area contributed by atoms with Crippen LogP contribution < -0.4 is 10.6 Å². The molecule has 0 spiro atoms. The number of carbonyl (C=O) groups is 2. The molecule has 3 aromatic heterocycles. The third-order valence-electron chi connectivity index (χ3n) is 6.35. The zero-order chi connectivity index (χ0) is 25.3. The van der Waals surface area contributed by atoms with E-state index in [1.165, 1.54) is 16.1 Å². The van der Waals surface area contributed by atoms with Gasteiger partial charge in [0.25, 0.3) is 5.91 Å². The minimum Gasteiger partial charge on any atom is -0.395 e. The Morgan fingerprint density at radius 1 is 1.14 bits per heavy atom. The number of thiazole rings is 1. The Kier molecular flexibility index (Phi) is 6.33. The molecule has 1 aliphatic rings. The summed E-state index contributed by atoms with van der Waals surface area (Å²) in [5.74, 6) is -0.725. The van der Waals surface area contributed by atoms with Gasteiger partial charge in [0.1, 0.15) is 11.4 Å². The van der Waals surface area contributed by atoms with Crippen LogP contribution in [0.25, 0.3) is 22.8 Å². The summed E-state index contributed by atoms with van der Waals surface area (Å²) in [5.41, 5.74) is 4.87. The van der Waals surface area contributed by atoms with Crippen molar-refractivity contribution < 1.29 is 14.7 Å². The molecule has 0 saturated heterocycles. The predicted molar refractivity (Wildman–Crippen MR) is 136 cm³/mol. The highest BCUT2D eigenvalue weighted by molar-refractivity contribution is 7.14. The van der Waals surface area contributed by atoms with Gasteiger partial charge in [0, 0.05) is 23.4 Å². The number of hydrogen-bond donors (Lipinski definition) is 3. The van der Waals surface area contributed by atoms with Crippen molar-refractivity contribution in [1.29, 1.82) is 0 Å². The summed E-state index contributed by atoms with van der Waals surface area (Å²) in [6.07, 6.45) is 3.37. The number of nitrogens with one attached hydrogen (secondary N) is 2. The highest BCUT2D eigenvalue weighted by Crippen LogP contribution is 2.38. The van der Waals surface area contributed by atoms with Crippen molar-refractivity contribution in [3.05, 3.63) is 64.7 Å². The van der Waals surface area contributed by atoms with E-state index in [2.05, 4.69) is 30.8 Å². The number of benzene rings is 1. The molecular formula is C25H25N7O3S. The van der Waals surface area contributed by atoms with E-state index in [0.717, 1.165) is 24.0 Å². The van der Waals surface area contributed by atoms with Crippen LogP contribution in [0.5, 0.6) is 0 Å². The Hall–Kier alpha value is -3.96. The largest absolute Gasteiger partial charge is 0.395 e. The average molecular weight is 504 g/mol. The summed E-state index contributed by atoms with van der Waals surface area (Å²) in [7, 11) is 1.74. The molecule has 0 aliphatic heterocycles. The number of anilines is 1. The number of hydrogen-bond acceptors (Lipinski definition) is 8. The molecule has 0 fully saturated rings. The van der Waals surface area contributed by atoms with Gasteiger partial charge in [-0.05, 0) is 48.2 Å². The van der Waals surface area contributed by atoms with Gasteiger partial charge in [0.05, 0.1) is 30.7 Å². The number of aliphatic hydroxyl groups excluding tert-OH is 1. The van der Waals surface area contributed by atoms with Crippen LogP contribution in [0.4, 0.5) is 5.13 Å². The van der Waals surface area contributed by atoms with Crippen LogP contribution in [0, 0.1) is 0 Å². The van der Waals surface area contributed by atoms with Crippen molar-refractivity contribution in [3.8, 4) is 22.8 Å². The summed E-state index contributed by atoms with van der Waals surface area (Å²) in [5, 5.41) is 25.7. The van der Waals surface area contributed by atoms with Crippen molar-refractivity contribution in [2.24, 2.45) is 7.05 Å². The number of aromatic nitrogens is 5. The fourth-order valence-electron chi connectivity index (χ4n) is 4.27. The lowest BCUT2D eigenvalue weighted by atomic mass is 9.84. The quantitative estimate of drug-likeness (QED) is 0.353. The van der Waals surface area contributed by atoms with E-state index in [4.69, 9.17) is 0 Å². The second-order valence-corrected chi connectivity index (χ2v) is 9.84. The summed E-state index contributed by atoms with van der Waals surface area (Å²) in [4.78, 5) is 35.6. The van der Waals surface area contributed by atoms with Gasteiger partial charge in [-0.15, -0.1) is 11.3 Å². The first kappa shape index (κ1) is 23.8. The summed E-state index contributed by atoms with van der Waals surface area (Å²) in [6, 6.07) is 11.0. The number of aryl methyl sites for hydroxylation is 2. The molecule has 36 heavy (non-hydrogen) atoms. The van der Waals surface area contributed by atoms with E-state index < -0.39 is 0 Å². The van der Waals surface area contributed by atoms with Crippen LogP contribution in [0.2, 0.25) is 0 Å². The minimum absolute atomic E-state index is 0.0312. The number of carbonyl (C=O) groups excluding carboxylic acids is 2. The van der Waals surface area contributed by atoms with E-state index in [1.54, 1.807) is 24.7 Å². The highest BCUT2D eigenvalue weighted by atomic mass is 32.1. The molecule has 1 aromatic carbocycles. The highest BCUT2D eigenvalue weighted by Gasteiger charge is 2.34. The van der Waals surface area contributed by atoms with E-state index in [1.807, 2.05) is 37.3 Å². The molecule has 10 nitrogen and oxygen atoms in total. The van der Waals surface area contributed by atoms with Crippen LogP contribution in [0.15, 0.2) is 48.0 Å². The normalized spacial score (nSPS) is 16.5. The molecule has 0 bridgehead atoms. The monoisotopic (exact) mass is 503 g/mol. The van der Waals surface area contributed by atoms with Gasteiger partial charge in [0.15, 0.2) is 5.13 Å². The maximum atomic E-state index is 12.7. The molecule has 0 radical (unpaired) electrons. The maximum absolute atomic E-state index is 12.7. The smallest absolute Gasteiger partial charge is 0.251 e. The Labute approximate surface area is 211 Å². The molecule has 1 atom stereocenters. The number of pyridine rings is 1. The Balaban J connectivity index is 1.20. The van der Waals surface area contributed by atoms with Gasteiger partial charge >= 0.3 is 0 Å². The number of amides is 2. The second-order valence-electron chi connectivity index (χ2n) is 8.99. The van der Waals surface area contributed by atoms with Crippen LogP contribution in [0.1, 0.15) is 34.8 Å². The molecule has 11 heteroatoms. The maximum Gasteiger partial charge on any atom is 0.251 e. The fraction of sp³-hybridized carbons (Fsp3) is 0.280. The topological polar surface area (TPSA) is 135 Å². The number of rotatable bonds is 7. The number of fused-ring (bicyclic) bond motifs is 1. The third kappa shape index (κ3) is 4.75. The molecule has 5 rings (SSSR count). The van der Waals surface area contributed by atoms with Crippen molar-refractivity contribution >= 4 is 28.3 Å². The van der Waals surface area contributed by atoms with Crippen LogP contribution in [-0.4, -0.2) is 55.0 Å². The van der Waals surface area contributed by atoms with E-state index in [-0.39, 0.29) is 30.4 Å². The molecular weight excluding hydrogens is 478 g/mol. The van der Waals surface area contributed by atoms with Crippen molar-refractivity contribution in [3.63, 3.8) is 0 Å². The van der Waals surface area contributed by atoms with Gasteiger partial charge in [-0.2, -0.15) is 15.0 Å². The van der Waals surface area contributed by atoms with Crippen molar-refractivity contribution in [1.82, 2.24) is 30.3 Å². The first-order valence-corrected chi connectivity index (χ1v) is 12.3. The zero-order valence-corrected chi connectivity index (χ0v) is 20.7. The lowest BCUT2D eigenvalue weighted by Gasteiger charge is -2.22. The zero-order valence-electron chi connectivity index (χ0n) is 19.9. The fourth-order valence-corrected chi connectivity index (χ4v) is 4.99. The van der Waals surface area contributed by atoms with Crippen LogP contribution in [0.3, 0.4) is 0 Å². The molecule has 184 valence electrons. The third-order valence-corrected chi connectivity index (χ3v) is 7.11. The summed E-state index contributed by atoms with van der Waals surface area (Å²) in [6.45, 7) is 1.84. The van der Waals surface area contributed by atoms with Crippen molar-refractivity contribution in [2.45, 2.75) is 25.2 Å². The predicted octanol–water partition coefficient (Wildman–Crippen LogP) is 2.57. The van der Waals surface area contributed by atoms with E-state index in [0.29, 0.717) is 33.5 Å². The van der Waals surface area contributed by atoms with Crippen LogP contribution in [-0.2, 0) is 23.7 Å². The standard InChI is InChI=1S/C25H25N7O3S/c1-25(14-33)9-8-15-6-7-16(10-17(15)25)23(35)26-12-22(34)30-24-29-21(13-36-24)19-5-3-4-18(28-19)20-11-27-32(2)31-20/h3-7,10-11,13,33H,8-9,12,14H2,1-2H3,(H,26,35)(H,29,30,34). The van der Waals surface area contributed by atoms with Gasteiger partial charge in [-0.1, -0.05) is 19.1 Å². The lowest BCUT2D eigenvalue weighted by molar-refractivity contribution is -0.115. The summed E-state index contributed by atoms with van der Waals surface area (Å²) >= 11 is 1.27.